The maximum absolute atomic E-state index is 5.77. The lowest BCUT2D eigenvalue weighted by atomic mass is 10.1. The first-order valence-electron chi connectivity index (χ1n) is 10.3. The van der Waals surface area contributed by atoms with Crippen molar-refractivity contribution in [3.8, 4) is 0 Å². The van der Waals surface area contributed by atoms with E-state index in [1.807, 2.05) is 7.05 Å². The summed E-state index contributed by atoms with van der Waals surface area (Å²) in [7, 11) is 1.88. The maximum atomic E-state index is 5.77. The first kappa shape index (κ1) is 23.1. The number of hydrogen-bond acceptors (Lipinski definition) is 5. The molecule has 3 aliphatic heterocycles. The number of guanidine groups is 1. The van der Waals surface area contributed by atoms with Gasteiger partial charge in [-0.2, -0.15) is 0 Å². The monoisotopic (exact) mass is 496 g/mol. The van der Waals surface area contributed by atoms with Crippen molar-refractivity contribution in [3.05, 3.63) is 0 Å². The Hall–Kier alpha value is -0.160. The quantitative estimate of drug-likeness (QED) is 0.237. The lowest BCUT2D eigenvalue weighted by molar-refractivity contribution is 0.0315. The Morgan fingerprint density at radius 3 is 2.70 bits per heavy atom. The molecule has 158 valence electrons. The molecule has 1 N–H and O–H groups in total. The van der Waals surface area contributed by atoms with Gasteiger partial charge < -0.3 is 24.4 Å². The van der Waals surface area contributed by atoms with Gasteiger partial charge in [0.05, 0.1) is 26.4 Å². The van der Waals surface area contributed by atoms with E-state index in [0.29, 0.717) is 5.92 Å². The number of nitrogens with zero attached hydrogens (tertiary/aromatic N) is 3. The average molecular weight is 496 g/mol. The van der Waals surface area contributed by atoms with Crippen LogP contribution >= 0.6 is 24.0 Å². The van der Waals surface area contributed by atoms with Crippen molar-refractivity contribution in [1.29, 1.82) is 0 Å². The third-order valence-electron chi connectivity index (χ3n) is 5.54. The summed E-state index contributed by atoms with van der Waals surface area (Å²) in [6, 6.07) is 0. The number of aliphatic imine (C=N–C) groups is 1. The van der Waals surface area contributed by atoms with E-state index in [9.17, 15) is 0 Å². The minimum atomic E-state index is 0. The number of nitrogens with one attached hydrogen (secondary N) is 1. The summed E-state index contributed by atoms with van der Waals surface area (Å²) >= 11 is 0. The molecule has 0 bridgehead atoms. The normalized spacial score (nSPS) is 27.0. The number of ether oxygens (including phenoxy) is 3. The molecule has 0 aromatic heterocycles. The van der Waals surface area contributed by atoms with E-state index in [1.165, 1.54) is 13.0 Å². The predicted molar refractivity (Wildman–Crippen MR) is 118 cm³/mol. The fraction of sp³-hybridized carbons (Fsp3) is 0.947. The van der Waals surface area contributed by atoms with Gasteiger partial charge in [-0.3, -0.25) is 9.89 Å². The van der Waals surface area contributed by atoms with Gasteiger partial charge >= 0.3 is 0 Å². The average Bonchev–Trinajstić information content (AvgIpc) is 3.34. The molecule has 0 saturated carbocycles. The topological polar surface area (TPSA) is 58.6 Å². The third kappa shape index (κ3) is 8.00. The molecule has 7 nitrogen and oxygen atoms in total. The highest BCUT2D eigenvalue weighted by Gasteiger charge is 2.26. The molecule has 0 radical (unpaired) electrons. The van der Waals surface area contributed by atoms with Gasteiger partial charge in [0.1, 0.15) is 0 Å². The summed E-state index contributed by atoms with van der Waals surface area (Å²) in [5.41, 5.74) is 0. The first-order valence-corrected chi connectivity index (χ1v) is 10.3. The van der Waals surface area contributed by atoms with Crippen LogP contribution in [0.15, 0.2) is 4.99 Å². The molecular formula is C19H37IN4O3. The van der Waals surface area contributed by atoms with E-state index >= 15 is 0 Å². The van der Waals surface area contributed by atoms with Crippen molar-refractivity contribution in [2.45, 2.75) is 19.3 Å². The van der Waals surface area contributed by atoms with Crippen LogP contribution in [-0.4, -0.2) is 102 Å². The molecule has 2 unspecified atom stereocenters. The molecule has 3 fully saturated rings. The maximum Gasteiger partial charge on any atom is 0.193 e. The summed E-state index contributed by atoms with van der Waals surface area (Å²) < 4.78 is 16.6. The summed E-state index contributed by atoms with van der Waals surface area (Å²) in [5, 5.41) is 3.50. The minimum absolute atomic E-state index is 0. The summed E-state index contributed by atoms with van der Waals surface area (Å²) in [4.78, 5) is 9.42. The second-order valence-electron chi connectivity index (χ2n) is 7.65. The second-order valence-corrected chi connectivity index (χ2v) is 7.65. The number of hydrogen-bond donors (Lipinski definition) is 1. The molecule has 0 amide bonds. The SMILES string of the molecule is CN=C(NCCCOCC1CCOC1)N1CCC(CN2CCOCC2)C1.I. The Kier molecular flexibility index (Phi) is 11.2. The number of halogens is 1. The third-order valence-corrected chi connectivity index (χ3v) is 5.54. The largest absolute Gasteiger partial charge is 0.381 e. The first-order chi connectivity index (χ1) is 12.8. The van der Waals surface area contributed by atoms with Gasteiger partial charge in [0, 0.05) is 65.4 Å². The second kappa shape index (κ2) is 13.1. The lowest BCUT2D eigenvalue weighted by Crippen LogP contribution is -2.42. The summed E-state index contributed by atoms with van der Waals surface area (Å²) in [5.74, 6) is 2.38. The molecule has 0 aromatic rings. The molecule has 8 heteroatoms. The van der Waals surface area contributed by atoms with Crippen LogP contribution in [0.5, 0.6) is 0 Å². The highest BCUT2D eigenvalue weighted by Crippen LogP contribution is 2.18. The van der Waals surface area contributed by atoms with Crippen LogP contribution < -0.4 is 5.32 Å². The Labute approximate surface area is 181 Å². The fourth-order valence-corrected chi connectivity index (χ4v) is 3.99. The van der Waals surface area contributed by atoms with Crippen molar-refractivity contribution >= 4 is 29.9 Å². The van der Waals surface area contributed by atoms with E-state index in [2.05, 4.69) is 20.1 Å². The van der Waals surface area contributed by atoms with Crippen molar-refractivity contribution in [2.24, 2.45) is 16.8 Å². The summed E-state index contributed by atoms with van der Waals surface area (Å²) in [6.45, 7) is 11.7. The Morgan fingerprint density at radius 2 is 1.96 bits per heavy atom. The van der Waals surface area contributed by atoms with E-state index in [-0.39, 0.29) is 24.0 Å². The van der Waals surface area contributed by atoms with Crippen LogP contribution in [0.1, 0.15) is 19.3 Å². The number of morpholine rings is 1. The van der Waals surface area contributed by atoms with Crippen molar-refractivity contribution in [2.75, 3.05) is 86.0 Å². The highest BCUT2D eigenvalue weighted by molar-refractivity contribution is 14.0. The van der Waals surface area contributed by atoms with E-state index in [4.69, 9.17) is 14.2 Å². The number of rotatable bonds is 8. The van der Waals surface area contributed by atoms with Gasteiger partial charge in [-0.05, 0) is 25.2 Å². The molecule has 3 rings (SSSR count). The van der Waals surface area contributed by atoms with Crippen molar-refractivity contribution in [3.63, 3.8) is 0 Å². The zero-order chi connectivity index (χ0) is 18.0. The van der Waals surface area contributed by atoms with Gasteiger partial charge in [0.2, 0.25) is 0 Å². The predicted octanol–water partition coefficient (Wildman–Crippen LogP) is 1.28. The fourth-order valence-electron chi connectivity index (χ4n) is 3.99. The molecule has 3 aliphatic rings. The Morgan fingerprint density at radius 1 is 1.11 bits per heavy atom. The Balaban J connectivity index is 0.00000261. The lowest BCUT2D eigenvalue weighted by Gasteiger charge is -2.29. The molecular weight excluding hydrogens is 459 g/mol. The van der Waals surface area contributed by atoms with Crippen LogP contribution in [0, 0.1) is 11.8 Å². The number of likely N-dealkylation sites (tertiary alicyclic amines) is 1. The van der Waals surface area contributed by atoms with E-state index < -0.39 is 0 Å². The van der Waals surface area contributed by atoms with Gasteiger partial charge in [-0.15, -0.1) is 24.0 Å². The minimum Gasteiger partial charge on any atom is -0.381 e. The molecule has 3 heterocycles. The standard InChI is InChI=1S/C19H36N4O3.HI/c1-20-19(21-5-2-9-25-15-18-4-10-26-16-18)23-6-3-17(14-23)13-22-7-11-24-12-8-22;/h17-18H,2-16H2,1H3,(H,20,21);1H. The van der Waals surface area contributed by atoms with Crippen LogP contribution in [0.3, 0.4) is 0 Å². The van der Waals surface area contributed by atoms with Crippen molar-refractivity contribution < 1.29 is 14.2 Å². The van der Waals surface area contributed by atoms with Gasteiger partial charge in [0.25, 0.3) is 0 Å². The van der Waals surface area contributed by atoms with Crippen LogP contribution in [-0.2, 0) is 14.2 Å². The van der Waals surface area contributed by atoms with E-state index in [1.54, 1.807) is 0 Å². The highest BCUT2D eigenvalue weighted by atomic mass is 127. The molecule has 0 aromatic carbocycles. The van der Waals surface area contributed by atoms with Gasteiger partial charge in [-0.25, -0.2) is 0 Å². The van der Waals surface area contributed by atoms with E-state index in [0.717, 1.165) is 97.1 Å². The smallest absolute Gasteiger partial charge is 0.193 e. The van der Waals surface area contributed by atoms with Crippen LogP contribution in [0.25, 0.3) is 0 Å². The van der Waals surface area contributed by atoms with Crippen molar-refractivity contribution in [1.82, 2.24) is 15.1 Å². The zero-order valence-corrected chi connectivity index (χ0v) is 19.1. The molecule has 0 aliphatic carbocycles. The summed E-state index contributed by atoms with van der Waals surface area (Å²) in [6.07, 6.45) is 3.41. The molecule has 0 spiro atoms. The molecule has 3 saturated heterocycles. The Bertz CT molecular complexity index is 429. The molecule has 2 atom stereocenters. The zero-order valence-electron chi connectivity index (χ0n) is 16.7. The van der Waals surface area contributed by atoms with Gasteiger partial charge in [0.15, 0.2) is 5.96 Å². The van der Waals surface area contributed by atoms with Gasteiger partial charge in [-0.1, -0.05) is 0 Å². The molecule has 27 heavy (non-hydrogen) atoms. The van der Waals surface area contributed by atoms with Crippen LogP contribution in [0.4, 0.5) is 0 Å². The van der Waals surface area contributed by atoms with Crippen LogP contribution in [0.2, 0.25) is 0 Å².